The van der Waals surface area contributed by atoms with Crippen molar-refractivity contribution in [1.82, 2.24) is 0 Å². The molecule has 0 heterocycles. The molecule has 16 heavy (non-hydrogen) atoms. The maximum absolute atomic E-state index is 11.6. The standard InChI is InChI=1S/C12H13ClO3/c1-4-5-10(14)8-6-9(13)12(16-3)11(7-8)15-2/h4,6-7H,1,5H2,2-3H3. The molecule has 0 saturated heterocycles. The van der Waals surface area contributed by atoms with Gasteiger partial charge in [0, 0.05) is 12.0 Å². The van der Waals surface area contributed by atoms with Crippen molar-refractivity contribution in [3.63, 3.8) is 0 Å². The van der Waals surface area contributed by atoms with E-state index >= 15 is 0 Å². The summed E-state index contributed by atoms with van der Waals surface area (Å²) in [5.41, 5.74) is 0.488. The lowest BCUT2D eigenvalue weighted by Crippen LogP contribution is -2.00. The summed E-state index contributed by atoms with van der Waals surface area (Å²) < 4.78 is 10.2. The molecule has 0 bridgehead atoms. The number of rotatable bonds is 5. The molecule has 0 unspecified atom stereocenters. The number of carbonyl (C=O) groups excluding carboxylic acids is 1. The molecule has 0 aliphatic rings. The summed E-state index contributed by atoms with van der Waals surface area (Å²) in [5, 5.41) is 0.356. The molecule has 0 atom stereocenters. The van der Waals surface area contributed by atoms with Gasteiger partial charge >= 0.3 is 0 Å². The van der Waals surface area contributed by atoms with Gasteiger partial charge < -0.3 is 9.47 Å². The van der Waals surface area contributed by atoms with Crippen molar-refractivity contribution in [3.05, 3.63) is 35.4 Å². The molecule has 0 amide bonds. The largest absolute Gasteiger partial charge is 0.493 e. The lowest BCUT2D eigenvalue weighted by Gasteiger charge is -2.10. The number of halogens is 1. The number of hydrogen-bond donors (Lipinski definition) is 0. The molecule has 0 saturated carbocycles. The summed E-state index contributed by atoms with van der Waals surface area (Å²) in [5.74, 6) is 0.819. The molecule has 0 radical (unpaired) electrons. The zero-order chi connectivity index (χ0) is 12.1. The van der Waals surface area contributed by atoms with Gasteiger partial charge in [0.2, 0.25) is 0 Å². The van der Waals surface area contributed by atoms with Crippen molar-refractivity contribution < 1.29 is 14.3 Å². The van der Waals surface area contributed by atoms with Crippen LogP contribution in [0.4, 0.5) is 0 Å². The lowest BCUT2D eigenvalue weighted by atomic mass is 10.1. The smallest absolute Gasteiger partial charge is 0.179 e. The summed E-state index contributed by atoms with van der Waals surface area (Å²) in [6.07, 6.45) is 1.82. The molecule has 0 N–H and O–H groups in total. The number of benzene rings is 1. The van der Waals surface area contributed by atoms with Crippen LogP contribution in [-0.2, 0) is 0 Å². The molecule has 0 aliphatic carbocycles. The maximum atomic E-state index is 11.6. The molecule has 1 aromatic rings. The van der Waals surface area contributed by atoms with Crippen molar-refractivity contribution in [1.29, 1.82) is 0 Å². The second-order valence-electron chi connectivity index (χ2n) is 3.11. The van der Waals surface area contributed by atoms with Gasteiger partial charge in [0.05, 0.1) is 19.2 Å². The highest BCUT2D eigenvalue weighted by molar-refractivity contribution is 6.32. The minimum absolute atomic E-state index is 0.0575. The summed E-state index contributed by atoms with van der Waals surface area (Å²) in [6, 6.07) is 3.17. The summed E-state index contributed by atoms with van der Waals surface area (Å²) >= 11 is 5.97. The van der Waals surface area contributed by atoms with Crippen molar-refractivity contribution in [2.24, 2.45) is 0 Å². The molecule has 1 aromatic carbocycles. The maximum Gasteiger partial charge on any atom is 0.179 e. The third-order valence-corrected chi connectivity index (χ3v) is 2.37. The van der Waals surface area contributed by atoms with Crippen LogP contribution in [0.5, 0.6) is 11.5 Å². The van der Waals surface area contributed by atoms with E-state index in [1.807, 2.05) is 0 Å². The number of carbonyl (C=O) groups is 1. The van der Waals surface area contributed by atoms with Gasteiger partial charge in [-0.05, 0) is 12.1 Å². The fraction of sp³-hybridized carbons (Fsp3) is 0.250. The number of ketones is 1. The first-order chi connectivity index (χ1) is 7.63. The quantitative estimate of drug-likeness (QED) is 0.586. The van der Waals surface area contributed by atoms with Gasteiger partial charge in [0.1, 0.15) is 0 Å². The number of ether oxygens (including phenoxy) is 2. The van der Waals surface area contributed by atoms with Crippen LogP contribution < -0.4 is 9.47 Å². The number of hydrogen-bond acceptors (Lipinski definition) is 3. The highest BCUT2D eigenvalue weighted by atomic mass is 35.5. The minimum atomic E-state index is -0.0575. The third kappa shape index (κ3) is 2.55. The van der Waals surface area contributed by atoms with E-state index in [1.54, 1.807) is 18.2 Å². The molecule has 0 aromatic heterocycles. The van der Waals surface area contributed by atoms with Crippen LogP contribution in [0.25, 0.3) is 0 Å². The lowest BCUT2D eigenvalue weighted by molar-refractivity contribution is 0.0995. The van der Waals surface area contributed by atoms with Gasteiger partial charge in [-0.2, -0.15) is 0 Å². The molecule has 0 spiro atoms. The predicted octanol–water partition coefficient (Wildman–Crippen LogP) is 3.12. The van der Waals surface area contributed by atoms with Gasteiger partial charge in [-0.15, -0.1) is 6.58 Å². The highest BCUT2D eigenvalue weighted by Crippen LogP contribution is 2.36. The van der Waals surface area contributed by atoms with E-state index in [4.69, 9.17) is 21.1 Å². The summed E-state index contributed by atoms with van der Waals surface area (Å²) in [7, 11) is 2.99. The van der Waals surface area contributed by atoms with E-state index in [1.165, 1.54) is 14.2 Å². The number of methoxy groups -OCH3 is 2. The van der Waals surface area contributed by atoms with Crippen LogP contribution in [-0.4, -0.2) is 20.0 Å². The molecule has 4 heteroatoms. The average Bonchev–Trinajstić information content (AvgIpc) is 2.28. The first-order valence-corrected chi connectivity index (χ1v) is 5.07. The molecule has 86 valence electrons. The fourth-order valence-electron chi connectivity index (χ4n) is 1.33. The zero-order valence-corrected chi connectivity index (χ0v) is 10.0. The van der Waals surface area contributed by atoms with Crippen molar-refractivity contribution in [3.8, 4) is 11.5 Å². The summed E-state index contributed by atoms with van der Waals surface area (Å²) in [6.45, 7) is 3.52. The Morgan fingerprint density at radius 1 is 1.44 bits per heavy atom. The second-order valence-corrected chi connectivity index (χ2v) is 3.52. The Balaban J connectivity index is 3.19. The Morgan fingerprint density at radius 3 is 2.62 bits per heavy atom. The van der Waals surface area contributed by atoms with Gasteiger partial charge in [-0.1, -0.05) is 17.7 Å². The van der Waals surface area contributed by atoms with Crippen LogP contribution in [0.2, 0.25) is 5.02 Å². The Hall–Kier alpha value is -1.48. The van der Waals surface area contributed by atoms with E-state index in [9.17, 15) is 4.79 Å². The van der Waals surface area contributed by atoms with E-state index < -0.39 is 0 Å². The van der Waals surface area contributed by atoms with Gasteiger partial charge in [0.25, 0.3) is 0 Å². The van der Waals surface area contributed by atoms with Crippen LogP contribution in [0.15, 0.2) is 24.8 Å². The average molecular weight is 241 g/mol. The SMILES string of the molecule is C=CCC(=O)c1cc(Cl)c(OC)c(OC)c1. The van der Waals surface area contributed by atoms with Crippen LogP contribution >= 0.6 is 11.6 Å². The van der Waals surface area contributed by atoms with Crippen molar-refractivity contribution >= 4 is 17.4 Å². The van der Waals surface area contributed by atoms with E-state index in [0.29, 0.717) is 22.1 Å². The Kier molecular flexibility index (Phi) is 4.38. The van der Waals surface area contributed by atoms with E-state index in [-0.39, 0.29) is 12.2 Å². The second kappa shape index (κ2) is 5.56. The Morgan fingerprint density at radius 2 is 2.12 bits per heavy atom. The first-order valence-electron chi connectivity index (χ1n) is 4.69. The van der Waals surface area contributed by atoms with E-state index in [2.05, 4.69) is 6.58 Å². The van der Waals surface area contributed by atoms with E-state index in [0.717, 1.165) is 0 Å². The zero-order valence-electron chi connectivity index (χ0n) is 9.25. The topological polar surface area (TPSA) is 35.5 Å². The van der Waals surface area contributed by atoms with Gasteiger partial charge in [0.15, 0.2) is 17.3 Å². The molecular formula is C12H13ClO3. The summed E-state index contributed by atoms with van der Waals surface area (Å²) in [4.78, 5) is 11.6. The fourth-order valence-corrected chi connectivity index (χ4v) is 1.62. The minimum Gasteiger partial charge on any atom is -0.493 e. The Bertz CT molecular complexity index is 413. The van der Waals surface area contributed by atoms with Crippen LogP contribution in [0.3, 0.4) is 0 Å². The molecule has 0 fully saturated rings. The molecule has 3 nitrogen and oxygen atoms in total. The normalized spacial score (nSPS) is 9.69. The third-order valence-electron chi connectivity index (χ3n) is 2.09. The van der Waals surface area contributed by atoms with Crippen molar-refractivity contribution in [2.45, 2.75) is 6.42 Å². The first kappa shape index (κ1) is 12.6. The number of Topliss-reactive ketones (excluding diaryl/α,β-unsaturated/α-hetero) is 1. The van der Waals surface area contributed by atoms with Crippen LogP contribution in [0.1, 0.15) is 16.8 Å². The molecule has 0 aliphatic heterocycles. The van der Waals surface area contributed by atoms with Gasteiger partial charge in [-0.3, -0.25) is 4.79 Å². The van der Waals surface area contributed by atoms with Crippen molar-refractivity contribution in [2.75, 3.05) is 14.2 Å². The highest BCUT2D eigenvalue weighted by Gasteiger charge is 2.14. The number of allylic oxidation sites excluding steroid dienone is 1. The Labute approximate surface area is 99.6 Å². The monoisotopic (exact) mass is 240 g/mol. The molecular weight excluding hydrogens is 228 g/mol. The van der Waals surface area contributed by atoms with Crippen LogP contribution in [0, 0.1) is 0 Å². The predicted molar refractivity (Wildman–Crippen MR) is 63.7 cm³/mol. The molecule has 1 rings (SSSR count). The van der Waals surface area contributed by atoms with Gasteiger partial charge in [-0.25, -0.2) is 0 Å².